The summed E-state index contributed by atoms with van der Waals surface area (Å²) in [5.41, 5.74) is 8.19. The predicted molar refractivity (Wildman–Crippen MR) is 107 cm³/mol. The first kappa shape index (κ1) is 18.8. The Bertz CT molecular complexity index is 983. The molecular formula is C21H21N5O3. The Morgan fingerprint density at radius 1 is 1.24 bits per heavy atom. The molecule has 3 heterocycles. The lowest BCUT2D eigenvalue weighted by Gasteiger charge is -2.33. The van der Waals surface area contributed by atoms with E-state index in [0.717, 1.165) is 11.1 Å². The van der Waals surface area contributed by atoms with Crippen LogP contribution in [0.25, 0.3) is 11.1 Å². The summed E-state index contributed by atoms with van der Waals surface area (Å²) in [5.74, 6) is 0.988. The van der Waals surface area contributed by atoms with E-state index in [1.54, 1.807) is 23.4 Å². The van der Waals surface area contributed by atoms with Gasteiger partial charge in [0.1, 0.15) is 24.0 Å². The standard InChI is InChI=1S/C21H21N5O3/c22-19-10-15(6-7-24-19)17-11-23-14-25-21(17)18-12-26(8-9-28-18)20(27)13-29-16-4-2-1-3-5-16/h1-7,10-11,14,18H,8-9,12-13H2,(H2,22,24)/t18-/m1/s1. The van der Waals surface area contributed by atoms with Crippen molar-refractivity contribution >= 4 is 11.7 Å². The van der Waals surface area contributed by atoms with Crippen molar-refractivity contribution in [2.45, 2.75) is 6.10 Å². The van der Waals surface area contributed by atoms with E-state index in [1.807, 2.05) is 36.4 Å². The van der Waals surface area contributed by atoms with Gasteiger partial charge in [0.25, 0.3) is 5.91 Å². The summed E-state index contributed by atoms with van der Waals surface area (Å²) in [6.07, 6.45) is 4.47. The molecule has 0 aliphatic carbocycles. The second kappa shape index (κ2) is 8.66. The number of morpholine rings is 1. The maximum absolute atomic E-state index is 12.6. The lowest BCUT2D eigenvalue weighted by Crippen LogP contribution is -2.44. The maximum Gasteiger partial charge on any atom is 0.260 e. The Morgan fingerprint density at radius 2 is 2.10 bits per heavy atom. The van der Waals surface area contributed by atoms with Gasteiger partial charge in [0.05, 0.1) is 18.8 Å². The van der Waals surface area contributed by atoms with Crippen LogP contribution in [0.3, 0.4) is 0 Å². The van der Waals surface area contributed by atoms with Gasteiger partial charge in [0.2, 0.25) is 0 Å². The van der Waals surface area contributed by atoms with Crippen LogP contribution in [0.15, 0.2) is 61.2 Å². The van der Waals surface area contributed by atoms with Gasteiger partial charge in [-0.25, -0.2) is 15.0 Å². The van der Waals surface area contributed by atoms with Crippen LogP contribution in [0.4, 0.5) is 5.82 Å². The number of benzene rings is 1. The van der Waals surface area contributed by atoms with E-state index in [2.05, 4.69) is 15.0 Å². The zero-order valence-corrected chi connectivity index (χ0v) is 15.8. The third-order valence-electron chi connectivity index (χ3n) is 4.66. The first-order valence-corrected chi connectivity index (χ1v) is 9.30. The molecular weight excluding hydrogens is 370 g/mol. The summed E-state index contributed by atoms with van der Waals surface area (Å²) < 4.78 is 11.5. The number of nitrogens with two attached hydrogens (primary N) is 1. The number of rotatable bonds is 5. The molecule has 1 aliphatic rings. The molecule has 8 nitrogen and oxygen atoms in total. The molecule has 2 N–H and O–H groups in total. The third kappa shape index (κ3) is 4.49. The number of amides is 1. The highest BCUT2D eigenvalue weighted by molar-refractivity contribution is 5.78. The van der Waals surface area contributed by atoms with E-state index >= 15 is 0 Å². The molecule has 1 fully saturated rings. The highest BCUT2D eigenvalue weighted by Gasteiger charge is 2.28. The summed E-state index contributed by atoms with van der Waals surface area (Å²) in [4.78, 5) is 27.0. The Kier molecular flexibility index (Phi) is 5.62. The third-order valence-corrected chi connectivity index (χ3v) is 4.66. The topological polar surface area (TPSA) is 103 Å². The van der Waals surface area contributed by atoms with Gasteiger partial charge in [-0.2, -0.15) is 0 Å². The number of hydrogen-bond acceptors (Lipinski definition) is 7. The fourth-order valence-electron chi connectivity index (χ4n) is 3.23. The highest BCUT2D eigenvalue weighted by atomic mass is 16.5. The number of pyridine rings is 1. The second-order valence-corrected chi connectivity index (χ2v) is 6.59. The van der Waals surface area contributed by atoms with Crippen molar-refractivity contribution in [2.24, 2.45) is 0 Å². The van der Waals surface area contributed by atoms with Gasteiger partial charge in [-0.05, 0) is 29.8 Å². The summed E-state index contributed by atoms with van der Waals surface area (Å²) >= 11 is 0. The molecule has 0 saturated carbocycles. The molecule has 8 heteroatoms. The minimum absolute atomic E-state index is 0.0196. The summed E-state index contributed by atoms with van der Waals surface area (Å²) in [6, 6.07) is 12.9. The molecule has 4 rings (SSSR count). The van der Waals surface area contributed by atoms with Gasteiger partial charge in [-0.3, -0.25) is 4.79 Å². The zero-order valence-electron chi connectivity index (χ0n) is 15.8. The number of nitrogens with zero attached hydrogens (tertiary/aromatic N) is 4. The second-order valence-electron chi connectivity index (χ2n) is 6.59. The van der Waals surface area contributed by atoms with E-state index in [1.165, 1.54) is 6.33 Å². The quantitative estimate of drug-likeness (QED) is 0.710. The summed E-state index contributed by atoms with van der Waals surface area (Å²) in [6.45, 7) is 1.30. The largest absolute Gasteiger partial charge is 0.484 e. The molecule has 29 heavy (non-hydrogen) atoms. The monoisotopic (exact) mass is 391 g/mol. The maximum atomic E-state index is 12.6. The van der Waals surface area contributed by atoms with Gasteiger partial charge in [-0.1, -0.05) is 18.2 Å². The first-order chi connectivity index (χ1) is 14.2. The van der Waals surface area contributed by atoms with Gasteiger partial charge in [0, 0.05) is 24.5 Å². The molecule has 1 saturated heterocycles. The van der Waals surface area contributed by atoms with Crippen LogP contribution < -0.4 is 10.5 Å². The molecule has 3 aromatic rings. The summed E-state index contributed by atoms with van der Waals surface area (Å²) in [5, 5.41) is 0. The minimum atomic E-state index is -0.364. The lowest BCUT2D eigenvalue weighted by atomic mass is 10.0. The van der Waals surface area contributed by atoms with Crippen LogP contribution >= 0.6 is 0 Å². The fraction of sp³-hybridized carbons (Fsp3) is 0.238. The van der Waals surface area contributed by atoms with Crippen LogP contribution in [-0.4, -0.2) is 52.1 Å². The average molecular weight is 391 g/mol. The van der Waals surface area contributed by atoms with Crippen LogP contribution in [0.5, 0.6) is 5.75 Å². The number of para-hydroxylation sites is 1. The molecule has 1 aromatic carbocycles. The van der Waals surface area contributed by atoms with Gasteiger partial charge in [-0.15, -0.1) is 0 Å². The van der Waals surface area contributed by atoms with E-state index in [9.17, 15) is 4.79 Å². The molecule has 0 radical (unpaired) electrons. The molecule has 0 bridgehead atoms. The predicted octanol–water partition coefficient (Wildman–Crippen LogP) is 2.10. The van der Waals surface area contributed by atoms with Gasteiger partial charge in [0.15, 0.2) is 6.61 Å². The van der Waals surface area contributed by atoms with E-state index in [-0.39, 0.29) is 18.6 Å². The van der Waals surface area contributed by atoms with Crippen LogP contribution in [0, 0.1) is 0 Å². The number of aromatic nitrogens is 3. The molecule has 0 unspecified atom stereocenters. The van der Waals surface area contributed by atoms with Crippen molar-refractivity contribution in [3.63, 3.8) is 0 Å². The Hall–Kier alpha value is -3.52. The number of ether oxygens (including phenoxy) is 2. The van der Waals surface area contributed by atoms with E-state index < -0.39 is 0 Å². The smallest absolute Gasteiger partial charge is 0.260 e. The normalized spacial score (nSPS) is 16.4. The Morgan fingerprint density at radius 3 is 2.93 bits per heavy atom. The van der Waals surface area contributed by atoms with Crippen molar-refractivity contribution in [1.29, 1.82) is 0 Å². The molecule has 148 valence electrons. The molecule has 2 aromatic heterocycles. The SMILES string of the molecule is Nc1cc(-c2cncnc2[C@H]2CN(C(=O)COc3ccccc3)CCO2)ccn1. The van der Waals surface area contributed by atoms with Gasteiger partial charge >= 0.3 is 0 Å². The number of hydrogen-bond donors (Lipinski definition) is 1. The van der Waals surface area contributed by atoms with Crippen LogP contribution in [-0.2, 0) is 9.53 Å². The number of carbonyl (C=O) groups excluding carboxylic acids is 1. The fourth-order valence-corrected chi connectivity index (χ4v) is 3.23. The van der Waals surface area contributed by atoms with E-state index in [0.29, 0.717) is 37.0 Å². The number of anilines is 1. The average Bonchev–Trinajstić information content (AvgIpc) is 2.78. The van der Waals surface area contributed by atoms with Gasteiger partial charge < -0.3 is 20.1 Å². The summed E-state index contributed by atoms with van der Waals surface area (Å²) in [7, 11) is 0. The Labute approximate surface area is 168 Å². The van der Waals surface area contributed by atoms with Crippen molar-refractivity contribution in [3.05, 3.63) is 66.9 Å². The molecule has 1 aliphatic heterocycles. The van der Waals surface area contributed by atoms with Crippen molar-refractivity contribution in [3.8, 4) is 16.9 Å². The minimum Gasteiger partial charge on any atom is -0.484 e. The molecule has 1 atom stereocenters. The molecule has 0 spiro atoms. The lowest BCUT2D eigenvalue weighted by molar-refractivity contribution is -0.141. The molecule has 1 amide bonds. The first-order valence-electron chi connectivity index (χ1n) is 9.30. The van der Waals surface area contributed by atoms with Crippen molar-refractivity contribution in [2.75, 3.05) is 32.0 Å². The zero-order chi connectivity index (χ0) is 20.1. The number of carbonyl (C=O) groups is 1. The van der Waals surface area contributed by atoms with Crippen LogP contribution in [0.1, 0.15) is 11.8 Å². The number of nitrogen functional groups attached to an aromatic ring is 1. The van der Waals surface area contributed by atoms with Crippen molar-refractivity contribution in [1.82, 2.24) is 19.9 Å². The van der Waals surface area contributed by atoms with Crippen molar-refractivity contribution < 1.29 is 14.3 Å². The van der Waals surface area contributed by atoms with Crippen LogP contribution in [0.2, 0.25) is 0 Å². The Balaban J connectivity index is 1.48. The van der Waals surface area contributed by atoms with E-state index in [4.69, 9.17) is 15.2 Å². The highest BCUT2D eigenvalue weighted by Crippen LogP contribution is 2.30.